The molecule has 9 nitrogen and oxygen atoms in total. The molecule has 0 saturated carbocycles. The molecule has 1 fully saturated rings. The number of imidazole rings is 1. The average Bonchev–Trinajstić information content (AvgIpc) is 3.15. The maximum Gasteiger partial charge on any atom is 0.280 e. The van der Waals surface area contributed by atoms with Crippen molar-refractivity contribution in [2.45, 2.75) is 42.8 Å². The molecule has 1 aliphatic heterocycles. The van der Waals surface area contributed by atoms with Crippen molar-refractivity contribution in [1.82, 2.24) is 19.1 Å². The summed E-state index contributed by atoms with van der Waals surface area (Å²) in [5, 5.41) is 11.3. The molecule has 4 rings (SSSR count). The number of benzene rings is 1. The molecule has 1 aromatic carbocycles. The minimum atomic E-state index is -0.442. The van der Waals surface area contributed by atoms with Crippen molar-refractivity contribution in [1.29, 1.82) is 0 Å². The molecule has 1 saturated heterocycles. The van der Waals surface area contributed by atoms with Crippen LogP contribution in [0.1, 0.15) is 26.2 Å². The van der Waals surface area contributed by atoms with Crippen LogP contribution in [0.3, 0.4) is 0 Å². The molecule has 3 heterocycles. The van der Waals surface area contributed by atoms with E-state index in [0.29, 0.717) is 22.9 Å². The van der Waals surface area contributed by atoms with Crippen molar-refractivity contribution in [2.75, 3.05) is 18.0 Å². The normalized spacial score (nSPS) is 13.8. The monoisotopic (exact) mass is 438 g/mol. The maximum atomic E-state index is 13.3. The van der Waals surface area contributed by atoms with E-state index in [1.807, 2.05) is 4.57 Å². The van der Waals surface area contributed by atoms with Crippen molar-refractivity contribution < 1.29 is 4.92 Å². The summed E-state index contributed by atoms with van der Waals surface area (Å²) in [6.07, 6.45) is 3.38. The largest absolute Gasteiger partial charge is 0.342 e. The second-order valence-electron chi connectivity index (χ2n) is 7.26. The number of non-ortho nitro benzene ring substituents is 1. The number of aromatic nitrogens is 4. The Kier molecular flexibility index (Phi) is 5.95. The Balaban J connectivity index is 1.78. The van der Waals surface area contributed by atoms with Crippen LogP contribution in [-0.2, 0) is 13.6 Å². The fourth-order valence-corrected chi connectivity index (χ4v) is 4.44. The van der Waals surface area contributed by atoms with E-state index in [9.17, 15) is 14.9 Å². The highest BCUT2D eigenvalue weighted by Crippen LogP contribution is 2.29. The summed E-state index contributed by atoms with van der Waals surface area (Å²) in [4.78, 5) is 36.0. The number of nitrogens with zero attached hydrogens (tertiary/aromatic N) is 6. The molecule has 31 heavy (non-hydrogen) atoms. The minimum Gasteiger partial charge on any atom is -0.342 e. The fraction of sp³-hybridized carbons (Fsp3) is 0.381. The molecule has 0 N–H and O–H groups in total. The Morgan fingerprint density at radius 3 is 2.52 bits per heavy atom. The predicted molar refractivity (Wildman–Crippen MR) is 120 cm³/mol. The molecule has 1 aliphatic rings. The molecule has 0 unspecified atom stereocenters. The second-order valence-corrected chi connectivity index (χ2v) is 8.30. The van der Waals surface area contributed by atoms with Gasteiger partial charge in [0.2, 0.25) is 5.95 Å². The summed E-state index contributed by atoms with van der Waals surface area (Å²) < 4.78 is 3.36. The third kappa shape index (κ3) is 4.14. The molecule has 160 valence electrons. The van der Waals surface area contributed by atoms with Gasteiger partial charge in [0.1, 0.15) is 0 Å². The average molecular weight is 439 g/mol. The summed E-state index contributed by atoms with van der Waals surface area (Å²) >= 11 is 1.27. The predicted octanol–water partition coefficient (Wildman–Crippen LogP) is 3.20. The van der Waals surface area contributed by atoms with Gasteiger partial charge in [-0.05, 0) is 38.3 Å². The van der Waals surface area contributed by atoms with Gasteiger partial charge in [-0.2, -0.15) is 4.98 Å². The minimum absolute atomic E-state index is 0.0172. The summed E-state index contributed by atoms with van der Waals surface area (Å²) in [5.41, 5.74) is 0.663. The van der Waals surface area contributed by atoms with E-state index in [1.165, 1.54) is 34.9 Å². The van der Waals surface area contributed by atoms with Crippen molar-refractivity contribution in [3.05, 3.63) is 44.7 Å². The van der Waals surface area contributed by atoms with Crippen LogP contribution in [0.25, 0.3) is 11.2 Å². The van der Waals surface area contributed by atoms with E-state index in [2.05, 4.69) is 21.7 Å². The number of hydrogen-bond acceptors (Lipinski definition) is 7. The summed E-state index contributed by atoms with van der Waals surface area (Å²) in [6.45, 7) is 3.95. The quantitative estimate of drug-likeness (QED) is 0.261. The third-order valence-corrected chi connectivity index (χ3v) is 6.29. The Morgan fingerprint density at radius 2 is 1.87 bits per heavy atom. The van der Waals surface area contributed by atoms with Gasteiger partial charge in [0.25, 0.3) is 11.2 Å². The van der Waals surface area contributed by atoms with E-state index in [0.717, 1.165) is 36.8 Å². The lowest BCUT2D eigenvalue weighted by Crippen LogP contribution is -2.32. The van der Waals surface area contributed by atoms with Crippen LogP contribution in [0.15, 0.2) is 39.1 Å². The van der Waals surface area contributed by atoms with Crippen LogP contribution in [0.4, 0.5) is 11.6 Å². The maximum absolute atomic E-state index is 13.3. The number of nitro benzene ring substituents is 1. The molecule has 0 radical (unpaired) electrons. The third-order valence-electron chi connectivity index (χ3n) is 5.23. The molecule has 3 aromatic rings. The molecular formula is C21H22N6O3S. The van der Waals surface area contributed by atoms with Crippen LogP contribution in [0.2, 0.25) is 0 Å². The van der Waals surface area contributed by atoms with E-state index in [4.69, 9.17) is 4.98 Å². The van der Waals surface area contributed by atoms with Gasteiger partial charge >= 0.3 is 0 Å². The van der Waals surface area contributed by atoms with Gasteiger partial charge in [0, 0.05) is 37.2 Å². The number of anilines is 1. The SMILES string of the molecule is CC#CCn1c(N2CCCCC2)nc2nc(Sc3ccc([N+](=O)[O-])cc3)n(C)c(=O)c21. The van der Waals surface area contributed by atoms with Gasteiger partial charge in [0.15, 0.2) is 16.3 Å². The number of hydrogen-bond donors (Lipinski definition) is 0. The zero-order valence-corrected chi connectivity index (χ0v) is 18.2. The lowest BCUT2D eigenvalue weighted by atomic mass is 10.1. The molecule has 0 spiro atoms. The van der Waals surface area contributed by atoms with E-state index in [1.54, 1.807) is 26.1 Å². The first kappa shape index (κ1) is 20.9. The van der Waals surface area contributed by atoms with Crippen molar-refractivity contribution in [3.63, 3.8) is 0 Å². The summed E-state index contributed by atoms with van der Waals surface area (Å²) in [6, 6.07) is 6.17. The highest BCUT2D eigenvalue weighted by molar-refractivity contribution is 7.99. The smallest absolute Gasteiger partial charge is 0.280 e. The van der Waals surface area contributed by atoms with Gasteiger partial charge in [0.05, 0.1) is 11.5 Å². The first-order valence-electron chi connectivity index (χ1n) is 10.0. The lowest BCUT2D eigenvalue weighted by molar-refractivity contribution is -0.384. The Bertz CT molecular complexity index is 1250. The van der Waals surface area contributed by atoms with Crippen LogP contribution in [0.5, 0.6) is 0 Å². The molecule has 0 bridgehead atoms. The fourth-order valence-electron chi connectivity index (χ4n) is 3.60. The number of fused-ring (bicyclic) bond motifs is 1. The standard InChI is InChI=1S/C21H22N6O3S/c1-3-4-14-26-17-18(22-20(26)25-12-6-5-7-13-25)23-21(24(2)19(17)28)31-16-10-8-15(9-11-16)27(29)30/h8-11H,5-7,12-14H2,1-2H3. The van der Waals surface area contributed by atoms with Gasteiger partial charge in [-0.1, -0.05) is 17.7 Å². The second kappa shape index (κ2) is 8.81. The molecule has 0 amide bonds. The van der Waals surface area contributed by atoms with E-state index >= 15 is 0 Å². The topological polar surface area (TPSA) is 99.1 Å². The summed E-state index contributed by atoms with van der Waals surface area (Å²) in [5.74, 6) is 6.68. The lowest BCUT2D eigenvalue weighted by Gasteiger charge is -2.27. The van der Waals surface area contributed by atoms with Crippen LogP contribution in [0, 0.1) is 22.0 Å². The number of rotatable bonds is 5. The van der Waals surface area contributed by atoms with Gasteiger partial charge in [-0.25, -0.2) is 4.98 Å². The van der Waals surface area contributed by atoms with Crippen molar-refractivity contribution in [3.8, 4) is 11.8 Å². The van der Waals surface area contributed by atoms with Crippen LogP contribution < -0.4 is 10.5 Å². The molecule has 2 aromatic heterocycles. The molecule has 10 heteroatoms. The van der Waals surface area contributed by atoms with Crippen LogP contribution >= 0.6 is 11.8 Å². The van der Waals surface area contributed by atoms with E-state index < -0.39 is 4.92 Å². The molecule has 0 aliphatic carbocycles. The Labute approximate surface area is 183 Å². The Hall–Kier alpha value is -3.32. The zero-order chi connectivity index (χ0) is 22.0. The number of nitro groups is 1. The number of piperidine rings is 1. The first-order chi connectivity index (χ1) is 15.0. The van der Waals surface area contributed by atoms with Crippen molar-refractivity contribution >= 4 is 34.6 Å². The summed E-state index contributed by atoms with van der Waals surface area (Å²) in [7, 11) is 1.67. The van der Waals surface area contributed by atoms with Gasteiger partial charge in [-0.3, -0.25) is 24.0 Å². The highest BCUT2D eigenvalue weighted by Gasteiger charge is 2.23. The van der Waals surface area contributed by atoms with Crippen molar-refractivity contribution in [2.24, 2.45) is 7.05 Å². The zero-order valence-electron chi connectivity index (χ0n) is 17.4. The Morgan fingerprint density at radius 1 is 1.16 bits per heavy atom. The molecular weight excluding hydrogens is 416 g/mol. The van der Waals surface area contributed by atoms with E-state index in [-0.39, 0.29) is 11.2 Å². The van der Waals surface area contributed by atoms with Gasteiger partial charge < -0.3 is 4.90 Å². The first-order valence-corrected chi connectivity index (χ1v) is 10.9. The van der Waals surface area contributed by atoms with Crippen LogP contribution in [-0.4, -0.2) is 37.1 Å². The highest BCUT2D eigenvalue weighted by atomic mass is 32.2. The van der Waals surface area contributed by atoms with Gasteiger partial charge in [-0.15, -0.1) is 5.92 Å². The molecule has 0 atom stereocenters.